The summed E-state index contributed by atoms with van der Waals surface area (Å²) in [7, 11) is 1.78. The van der Waals surface area contributed by atoms with Crippen molar-refractivity contribution in [2.45, 2.75) is 50.8 Å². The van der Waals surface area contributed by atoms with Gasteiger partial charge in [0.05, 0.1) is 10.6 Å². The first kappa shape index (κ1) is 15.1. The smallest absolute Gasteiger partial charge is 0.147 e. The second-order valence-electron chi connectivity index (χ2n) is 6.48. The maximum absolute atomic E-state index is 6.46. The number of ether oxygens (including phenoxy) is 1. The molecule has 1 saturated carbocycles. The number of hydrogen-bond acceptors (Lipinski definition) is 4. The minimum Gasteiger partial charge on any atom is -0.377 e. The molecule has 3 rings (SSSR count). The Balaban J connectivity index is 1.69. The lowest BCUT2D eigenvalue weighted by atomic mass is 9.95. The highest BCUT2D eigenvalue weighted by atomic mass is 35.5. The predicted octanol–water partition coefficient (Wildman–Crippen LogP) is 2.99. The molecular weight excluding hydrogens is 286 g/mol. The van der Waals surface area contributed by atoms with Crippen LogP contribution >= 0.6 is 11.6 Å². The first-order valence-electron chi connectivity index (χ1n) is 7.77. The van der Waals surface area contributed by atoms with E-state index in [-0.39, 0.29) is 5.60 Å². The van der Waals surface area contributed by atoms with E-state index in [4.69, 9.17) is 16.3 Å². The van der Waals surface area contributed by atoms with Crippen LogP contribution in [0.4, 0.5) is 5.82 Å². The number of aromatic nitrogens is 1. The highest BCUT2D eigenvalue weighted by Crippen LogP contribution is 2.31. The van der Waals surface area contributed by atoms with Gasteiger partial charge in [-0.3, -0.25) is 0 Å². The molecule has 5 heteroatoms. The van der Waals surface area contributed by atoms with Crippen molar-refractivity contribution < 1.29 is 4.74 Å². The molecule has 1 unspecified atom stereocenters. The molecule has 0 bridgehead atoms. The molecule has 0 spiro atoms. The van der Waals surface area contributed by atoms with Crippen molar-refractivity contribution in [2.75, 3.05) is 25.1 Å². The molecule has 2 fully saturated rings. The molecule has 1 aromatic rings. The van der Waals surface area contributed by atoms with E-state index in [1.165, 1.54) is 12.8 Å². The summed E-state index contributed by atoms with van der Waals surface area (Å²) in [6, 6.07) is 2.74. The normalized spacial score (nSPS) is 26.1. The van der Waals surface area contributed by atoms with E-state index in [1.54, 1.807) is 7.11 Å². The predicted molar refractivity (Wildman–Crippen MR) is 86.0 cm³/mol. The number of halogens is 1. The molecule has 4 nitrogen and oxygen atoms in total. The van der Waals surface area contributed by atoms with E-state index < -0.39 is 0 Å². The molecule has 1 N–H and O–H groups in total. The van der Waals surface area contributed by atoms with E-state index in [2.05, 4.69) is 22.1 Å². The van der Waals surface area contributed by atoms with Gasteiger partial charge in [-0.2, -0.15) is 0 Å². The molecule has 1 aliphatic heterocycles. The van der Waals surface area contributed by atoms with Gasteiger partial charge in [0.2, 0.25) is 0 Å². The van der Waals surface area contributed by atoms with Gasteiger partial charge < -0.3 is 15.0 Å². The summed E-state index contributed by atoms with van der Waals surface area (Å²) in [5, 5.41) is 4.23. The number of methoxy groups -OCH3 is 1. The molecule has 2 heterocycles. The summed E-state index contributed by atoms with van der Waals surface area (Å²) >= 11 is 6.46. The van der Waals surface area contributed by atoms with E-state index in [9.17, 15) is 0 Å². The van der Waals surface area contributed by atoms with Crippen molar-refractivity contribution in [1.29, 1.82) is 0 Å². The standard InChI is InChI=1S/C16H24ClN3O/c1-16(21-2)6-3-7-20(11-16)15-14(17)8-12(10-19-15)9-18-13-4-5-13/h8,10,13,18H,3-7,9,11H2,1-2H3. The van der Waals surface area contributed by atoms with Crippen LogP contribution in [0.25, 0.3) is 0 Å². The minimum absolute atomic E-state index is 0.102. The molecule has 0 amide bonds. The van der Waals surface area contributed by atoms with Crippen LogP contribution in [0.15, 0.2) is 12.3 Å². The number of piperidine rings is 1. The SMILES string of the molecule is COC1(C)CCCN(c2ncc(CNC3CC3)cc2Cl)C1. The Labute approximate surface area is 131 Å². The van der Waals surface area contributed by atoms with Gasteiger partial charge in [-0.05, 0) is 44.2 Å². The summed E-state index contributed by atoms with van der Waals surface area (Å²) in [6.45, 7) is 4.84. The van der Waals surface area contributed by atoms with Crippen LogP contribution in [0.2, 0.25) is 5.02 Å². The van der Waals surface area contributed by atoms with Gasteiger partial charge in [0.15, 0.2) is 0 Å². The Hall–Kier alpha value is -0.840. The Bertz CT molecular complexity index is 506. The Morgan fingerprint density at radius 1 is 1.52 bits per heavy atom. The molecule has 116 valence electrons. The second-order valence-corrected chi connectivity index (χ2v) is 6.89. The van der Waals surface area contributed by atoms with Gasteiger partial charge in [0.25, 0.3) is 0 Å². The fourth-order valence-corrected chi connectivity index (χ4v) is 3.21. The zero-order valence-corrected chi connectivity index (χ0v) is 13.6. The molecule has 1 aliphatic carbocycles. The molecule has 1 saturated heterocycles. The van der Waals surface area contributed by atoms with Crippen molar-refractivity contribution in [3.63, 3.8) is 0 Å². The van der Waals surface area contributed by atoms with Crippen LogP contribution in [0.1, 0.15) is 38.2 Å². The molecule has 1 atom stereocenters. The van der Waals surface area contributed by atoms with Crippen molar-refractivity contribution in [2.24, 2.45) is 0 Å². The van der Waals surface area contributed by atoms with Gasteiger partial charge in [-0.25, -0.2) is 4.98 Å². The van der Waals surface area contributed by atoms with Crippen LogP contribution in [-0.2, 0) is 11.3 Å². The number of pyridine rings is 1. The number of nitrogens with zero attached hydrogens (tertiary/aromatic N) is 2. The van der Waals surface area contributed by atoms with Crippen LogP contribution in [0.5, 0.6) is 0 Å². The van der Waals surface area contributed by atoms with Gasteiger partial charge in [0, 0.05) is 39.0 Å². The maximum atomic E-state index is 6.46. The zero-order valence-electron chi connectivity index (χ0n) is 12.9. The third kappa shape index (κ3) is 3.68. The van der Waals surface area contributed by atoms with Crippen molar-refractivity contribution in [1.82, 2.24) is 10.3 Å². The average molecular weight is 310 g/mol. The first-order valence-corrected chi connectivity index (χ1v) is 8.15. The monoisotopic (exact) mass is 309 g/mol. The van der Waals surface area contributed by atoms with E-state index >= 15 is 0 Å². The van der Waals surface area contributed by atoms with Crippen LogP contribution in [-0.4, -0.2) is 36.8 Å². The third-order valence-corrected chi connectivity index (χ3v) is 4.78. The number of rotatable bonds is 5. The van der Waals surface area contributed by atoms with E-state index in [0.717, 1.165) is 48.9 Å². The average Bonchev–Trinajstić information content (AvgIpc) is 3.29. The van der Waals surface area contributed by atoms with Crippen LogP contribution in [0.3, 0.4) is 0 Å². The van der Waals surface area contributed by atoms with E-state index in [1.807, 2.05) is 12.3 Å². The van der Waals surface area contributed by atoms with Crippen molar-refractivity contribution in [3.8, 4) is 0 Å². The highest BCUT2D eigenvalue weighted by molar-refractivity contribution is 6.33. The molecule has 1 aromatic heterocycles. The minimum atomic E-state index is -0.102. The lowest BCUT2D eigenvalue weighted by Gasteiger charge is -2.40. The van der Waals surface area contributed by atoms with Gasteiger partial charge in [-0.15, -0.1) is 0 Å². The van der Waals surface area contributed by atoms with Crippen LogP contribution in [0, 0.1) is 0 Å². The van der Waals surface area contributed by atoms with Crippen molar-refractivity contribution in [3.05, 3.63) is 22.8 Å². The Morgan fingerprint density at radius 2 is 2.33 bits per heavy atom. The number of nitrogens with one attached hydrogen (secondary N) is 1. The summed E-state index contributed by atoms with van der Waals surface area (Å²) in [4.78, 5) is 6.84. The van der Waals surface area contributed by atoms with Gasteiger partial charge in [0.1, 0.15) is 5.82 Å². The summed E-state index contributed by atoms with van der Waals surface area (Å²) in [5.41, 5.74) is 1.05. The van der Waals surface area contributed by atoms with Crippen molar-refractivity contribution >= 4 is 17.4 Å². The largest absolute Gasteiger partial charge is 0.377 e. The molecular formula is C16H24ClN3O. The second kappa shape index (κ2) is 6.11. The fraction of sp³-hybridized carbons (Fsp3) is 0.688. The third-order valence-electron chi connectivity index (χ3n) is 4.50. The zero-order chi connectivity index (χ0) is 14.9. The number of anilines is 1. The first-order chi connectivity index (χ1) is 10.1. The fourth-order valence-electron chi connectivity index (χ4n) is 2.90. The quantitative estimate of drug-likeness (QED) is 0.907. The van der Waals surface area contributed by atoms with E-state index in [0.29, 0.717) is 6.04 Å². The van der Waals surface area contributed by atoms with Gasteiger partial charge in [-0.1, -0.05) is 11.6 Å². The Morgan fingerprint density at radius 3 is 3.00 bits per heavy atom. The molecule has 0 aromatic carbocycles. The number of hydrogen-bond donors (Lipinski definition) is 1. The maximum Gasteiger partial charge on any atom is 0.147 e. The summed E-state index contributed by atoms with van der Waals surface area (Å²) in [6.07, 6.45) is 6.72. The Kier molecular flexibility index (Phi) is 4.38. The summed E-state index contributed by atoms with van der Waals surface area (Å²) in [5.74, 6) is 0.884. The lowest BCUT2D eigenvalue weighted by molar-refractivity contribution is -0.00480. The van der Waals surface area contributed by atoms with Crippen LogP contribution < -0.4 is 10.2 Å². The van der Waals surface area contributed by atoms with Gasteiger partial charge >= 0.3 is 0 Å². The lowest BCUT2D eigenvalue weighted by Crippen LogP contribution is -2.47. The molecule has 2 aliphatic rings. The highest BCUT2D eigenvalue weighted by Gasteiger charge is 2.32. The summed E-state index contributed by atoms with van der Waals surface area (Å²) < 4.78 is 5.64. The topological polar surface area (TPSA) is 37.4 Å². The molecule has 0 radical (unpaired) electrons. The molecule has 21 heavy (non-hydrogen) atoms.